The van der Waals surface area contributed by atoms with E-state index in [0.29, 0.717) is 0 Å². The zero-order valence-electron chi connectivity index (χ0n) is 13.6. The summed E-state index contributed by atoms with van der Waals surface area (Å²) in [6, 6.07) is 8.58. The lowest BCUT2D eigenvalue weighted by atomic mass is 9.91. The first-order valence-corrected chi connectivity index (χ1v) is 8.72. The van der Waals surface area contributed by atoms with Crippen molar-refractivity contribution >= 4 is 29.5 Å². The molecule has 0 aromatic heterocycles. The van der Waals surface area contributed by atoms with Crippen LogP contribution in [0, 0.1) is 5.92 Å². The second kappa shape index (κ2) is 6.12. The van der Waals surface area contributed by atoms with Crippen molar-refractivity contribution in [3.05, 3.63) is 35.9 Å². The summed E-state index contributed by atoms with van der Waals surface area (Å²) in [6.45, 7) is 3.93. The predicted octanol–water partition coefficient (Wildman–Crippen LogP) is 1.11. The van der Waals surface area contributed by atoms with Crippen LogP contribution in [0.5, 0.6) is 0 Å². The fourth-order valence-electron chi connectivity index (χ4n) is 3.35. The highest BCUT2D eigenvalue weighted by molar-refractivity contribution is 8.01. The van der Waals surface area contributed by atoms with Gasteiger partial charge in [0.2, 0.25) is 11.8 Å². The van der Waals surface area contributed by atoms with Gasteiger partial charge < -0.3 is 15.3 Å². The molecule has 2 fully saturated rings. The highest BCUT2D eigenvalue weighted by atomic mass is 32.2. The highest BCUT2D eigenvalue weighted by Crippen LogP contribution is 2.52. The number of amides is 2. The van der Waals surface area contributed by atoms with E-state index in [1.807, 2.05) is 44.2 Å². The standard InChI is InChI=1S/C17H20N2O4S/c1-17(2)13(16(22)23)19-14(21)11(15(19)24-17)9-18-12(20)8-10-6-4-3-5-7-10/h3-7,11,13,15H,8-9H2,1-2H3,(H,18,20)(H,22,23)/t11?,13-,15?/m0/s1. The molecule has 0 aliphatic carbocycles. The van der Waals surface area contributed by atoms with Crippen LogP contribution in [-0.2, 0) is 20.8 Å². The van der Waals surface area contributed by atoms with Crippen molar-refractivity contribution in [3.8, 4) is 0 Å². The third-order valence-electron chi connectivity index (χ3n) is 4.51. The van der Waals surface area contributed by atoms with Gasteiger partial charge in [-0.05, 0) is 19.4 Å². The Labute approximate surface area is 144 Å². The molecule has 128 valence electrons. The molecule has 1 aromatic carbocycles. The highest BCUT2D eigenvalue weighted by Gasteiger charge is 2.63. The second-order valence-corrected chi connectivity index (χ2v) is 8.44. The minimum absolute atomic E-state index is 0.135. The third kappa shape index (κ3) is 2.88. The molecular formula is C17H20N2O4S. The van der Waals surface area contributed by atoms with Crippen LogP contribution in [0.25, 0.3) is 0 Å². The Kier molecular flexibility index (Phi) is 4.29. The largest absolute Gasteiger partial charge is 0.480 e. The van der Waals surface area contributed by atoms with Crippen LogP contribution >= 0.6 is 11.8 Å². The van der Waals surface area contributed by atoms with Crippen LogP contribution in [0.1, 0.15) is 19.4 Å². The molecule has 24 heavy (non-hydrogen) atoms. The first-order chi connectivity index (χ1) is 11.3. The molecule has 0 saturated carbocycles. The zero-order chi connectivity index (χ0) is 17.5. The number of benzene rings is 1. The van der Waals surface area contributed by atoms with Gasteiger partial charge in [0.25, 0.3) is 0 Å². The summed E-state index contributed by atoms with van der Waals surface area (Å²) in [4.78, 5) is 37.2. The molecule has 2 amide bonds. The van der Waals surface area contributed by atoms with E-state index in [1.165, 1.54) is 16.7 Å². The average Bonchev–Trinajstić information content (AvgIpc) is 2.76. The van der Waals surface area contributed by atoms with Gasteiger partial charge in [-0.3, -0.25) is 9.59 Å². The minimum Gasteiger partial charge on any atom is -0.480 e. The Morgan fingerprint density at radius 1 is 1.29 bits per heavy atom. The Balaban J connectivity index is 1.57. The number of carbonyl (C=O) groups excluding carboxylic acids is 2. The number of hydrogen-bond acceptors (Lipinski definition) is 4. The van der Waals surface area contributed by atoms with Crippen LogP contribution in [0.2, 0.25) is 0 Å². The topological polar surface area (TPSA) is 86.7 Å². The Morgan fingerprint density at radius 3 is 2.58 bits per heavy atom. The molecular weight excluding hydrogens is 328 g/mol. The zero-order valence-corrected chi connectivity index (χ0v) is 14.4. The first-order valence-electron chi connectivity index (χ1n) is 7.84. The number of fused-ring (bicyclic) bond motifs is 1. The van der Waals surface area contributed by atoms with Gasteiger partial charge in [-0.1, -0.05) is 30.3 Å². The molecule has 2 N–H and O–H groups in total. The van der Waals surface area contributed by atoms with Gasteiger partial charge >= 0.3 is 5.97 Å². The molecule has 2 aliphatic heterocycles. The number of thioether (sulfide) groups is 1. The summed E-state index contributed by atoms with van der Waals surface area (Å²) in [5.74, 6) is -1.65. The molecule has 2 unspecified atom stereocenters. The summed E-state index contributed by atoms with van der Waals surface area (Å²) in [6.07, 6.45) is 0.270. The van der Waals surface area contributed by atoms with Crippen molar-refractivity contribution in [1.82, 2.24) is 10.2 Å². The minimum atomic E-state index is -0.977. The van der Waals surface area contributed by atoms with Crippen molar-refractivity contribution in [2.24, 2.45) is 5.92 Å². The van der Waals surface area contributed by atoms with E-state index in [0.717, 1.165) is 5.56 Å². The lowest BCUT2D eigenvalue weighted by Gasteiger charge is -2.43. The van der Waals surface area contributed by atoms with Crippen molar-refractivity contribution in [2.75, 3.05) is 6.54 Å². The monoisotopic (exact) mass is 348 g/mol. The lowest BCUT2D eigenvalue weighted by molar-refractivity contribution is -0.163. The molecule has 2 saturated heterocycles. The molecule has 7 heteroatoms. The second-order valence-electron chi connectivity index (χ2n) is 6.67. The number of β-lactam (4-membered cyclic amide) rings is 1. The summed E-state index contributed by atoms with van der Waals surface area (Å²) >= 11 is 1.49. The SMILES string of the molecule is CC1(C)SC2C(CNC(=O)Cc3ccccc3)C(=O)N2[C@H]1C(=O)O. The third-order valence-corrected chi connectivity index (χ3v) is 6.14. The fraction of sp³-hybridized carbons (Fsp3) is 0.471. The van der Waals surface area contributed by atoms with Crippen LogP contribution < -0.4 is 5.32 Å². The normalized spacial score (nSPS) is 27.3. The Hall–Kier alpha value is -2.02. The van der Waals surface area contributed by atoms with Gasteiger partial charge in [-0.25, -0.2) is 4.79 Å². The maximum Gasteiger partial charge on any atom is 0.327 e. The molecule has 2 heterocycles. The molecule has 0 radical (unpaired) electrons. The fourth-order valence-corrected chi connectivity index (χ4v) is 5.03. The van der Waals surface area contributed by atoms with Crippen molar-refractivity contribution in [3.63, 3.8) is 0 Å². The van der Waals surface area contributed by atoms with Gasteiger partial charge in [0.05, 0.1) is 17.7 Å². The van der Waals surface area contributed by atoms with Crippen molar-refractivity contribution in [1.29, 1.82) is 0 Å². The van der Waals surface area contributed by atoms with Crippen LogP contribution in [0.3, 0.4) is 0 Å². The van der Waals surface area contributed by atoms with Crippen LogP contribution in [-0.4, -0.2) is 50.5 Å². The number of carboxylic acid groups (broad SMARTS) is 1. The van der Waals surface area contributed by atoms with E-state index in [9.17, 15) is 19.5 Å². The molecule has 0 bridgehead atoms. The number of rotatable bonds is 5. The van der Waals surface area contributed by atoms with Gasteiger partial charge in [0.15, 0.2) is 0 Å². The number of aliphatic carboxylic acids is 1. The maximum absolute atomic E-state index is 12.3. The summed E-state index contributed by atoms with van der Waals surface area (Å²) < 4.78 is -0.533. The van der Waals surface area contributed by atoms with E-state index in [4.69, 9.17) is 0 Å². The molecule has 3 rings (SSSR count). The molecule has 3 atom stereocenters. The van der Waals surface area contributed by atoms with E-state index >= 15 is 0 Å². The van der Waals surface area contributed by atoms with Crippen molar-refractivity contribution < 1.29 is 19.5 Å². The maximum atomic E-state index is 12.3. The van der Waals surface area contributed by atoms with Crippen LogP contribution in [0.4, 0.5) is 0 Å². The molecule has 1 aromatic rings. The first kappa shape index (κ1) is 16.8. The molecule has 0 spiro atoms. The van der Waals surface area contributed by atoms with E-state index in [2.05, 4.69) is 5.32 Å². The number of nitrogens with zero attached hydrogens (tertiary/aromatic N) is 1. The van der Waals surface area contributed by atoms with Gasteiger partial charge in [-0.2, -0.15) is 0 Å². The van der Waals surface area contributed by atoms with Gasteiger partial charge in [0.1, 0.15) is 6.04 Å². The summed E-state index contributed by atoms with van der Waals surface area (Å²) in [7, 11) is 0. The van der Waals surface area contributed by atoms with E-state index < -0.39 is 16.8 Å². The molecule has 2 aliphatic rings. The predicted molar refractivity (Wildman–Crippen MR) is 90.4 cm³/mol. The number of carbonyl (C=O) groups is 3. The number of hydrogen-bond donors (Lipinski definition) is 2. The number of carboxylic acids is 1. The van der Waals surface area contributed by atoms with E-state index in [-0.39, 0.29) is 36.1 Å². The van der Waals surface area contributed by atoms with Gasteiger partial charge in [-0.15, -0.1) is 11.8 Å². The van der Waals surface area contributed by atoms with E-state index in [1.54, 1.807) is 0 Å². The Bertz CT molecular complexity index is 676. The quantitative estimate of drug-likeness (QED) is 0.779. The number of nitrogens with one attached hydrogen (secondary N) is 1. The smallest absolute Gasteiger partial charge is 0.327 e. The van der Waals surface area contributed by atoms with Gasteiger partial charge in [0, 0.05) is 11.3 Å². The lowest BCUT2D eigenvalue weighted by Crippen LogP contribution is -2.64. The average molecular weight is 348 g/mol. The Morgan fingerprint density at radius 2 is 1.96 bits per heavy atom. The van der Waals surface area contributed by atoms with Crippen LogP contribution in [0.15, 0.2) is 30.3 Å². The molecule has 6 nitrogen and oxygen atoms in total. The summed E-state index contributed by atoms with van der Waals surface area (Å²) in [5, 5.41) is 12.0. The van der Waals surface area contributed by atoms with Crippen molar-refractivity contribution in [2.45, 2.75) is 36.4 Å². The summed E-state index contributed by atoms with van der Waals surface area (Å²) in [5.41, 5.74) is 0.916.